The molecule has 1 aromatic carbocycles. The van der Waals surface area contributed by atoms with E-state index in [4.69, 9.17) is 0 Å². The lowest BCUT2D eigenvalue weighted by Gasteiger charge is -2.26. The number of hydrogen-bond acceptors (Lipinski definition) is 3. The van der Waals surface area contributed by atoms with Gasteiger partial charge in [-0.2, -0.15) is 0 Å². The van der Waals surface area contributed by atoms with Crippen molar-refractivity contribution in [1.29, 1.82) is 0 Å². The summed E-state index contributed by atoms with van der Waals surface area (Å²) in [6.45, 7) is 2.10. The third kappa shape index (κ3) is 3.54. The summed E-state index contributed by atoms with van der Waals surface area (Å²) < 4.78 is 0. The van der Waals surface area contributed by atoms with Crippen LogP contribution in [0.1, 0.15) is 15.9 Å². The van der Waals surface area contributed by atoms with Crippen LogP contribution < -0.4 is 5.32 Å². The number of nitrogens with zero attached hydrogens (tertiary/aromatic N) is 2. The van der Waals surface area contributed by atoms with Crippen LogP contribution in [-0.2, 0) is 11.3 Å². The van der Waals surface area contributed by atoms with Gasteiger partial charge in [0.2, 0.25) is 5.91 Å². The molecule has 0 bridgehead atoms. The van der Waals surface area contributed by atoms with E-state index >= 15 is 0 Å². The molecule has 5 nitrogen and oxygen atoms in total. The molecule has 1 fully saturated rings. The Kier molecular flexibility index (Phi) is 4.16. The molecule has 0 saturated carbocycles. The highest BCUT2D eigenvalue weighted by atomic mass is 16.2. The Bertz CT molecular complexity index is 468. The van der Waals surface area contributed by atoms with E-state index in [1.165, 1.54) is 0 Å². The molecule has 1 N–H and O–H groups in total. The van der Waals surface area contributed by atoms with Crippen LogP contribution in [0.4, 0.5) is 0 Å². The zero-order valence-corrected chi connectivity index (χ0v) is 11.3. The second-order valence-electron chi connectivity index (χ2n) is 5.01. The minimum Gasteiger partial charge on any atom is -0.353 e. The molecular weight excluding hydrogens is 242 g/mol. The molecule has 1 aliphatic rings. The number of benzene rings is 1. The largest absolute Gasteiger partial charge is 0.353 e. The van der Waals surface area contributed by atoms with Gasteiger partial charge in [-0.05, 0) is 31.8 Å². The highest BCUT2D eigenvalue weighted by molar-refractivity contribution is 5.97. The first kappa shape index (κ1) is 13.5. The van der Waals surface area contributed by atoms with Crippen LogP contribution >= 0.6 is 0 Å². The number of carbonyl (C=O) groups excluding carboxylic acids is 2. The first-order chi connectivity index (χ1) is 9.06. The highest BCUT2D eigenvalue weighted by Gasteiger charge is 2.21. The van der Waals surface area contributed by atoms with Gasteiger partial charge in [-0.3, -0.25) is 9.59 Å². The minimum atomic E-state index is -0.0937. The fourth-order valence-corrected chi connectivity index (χ4v) is 2.11. The molecule has 1 saturated heterocycles. The van der Waals surface area contributed by atoms with Crippen molar-refractivity contribution in [3.63, 3.8) is 0 Å². The molecule has 2 amide bonds. The zero-order valence-electron chi connectivity index (χ0n) is 11.3. The van der Waals surface area contributed by atoms with Gasteiger partial charge in [-0.15, -0.1) is 0 Å². The van der Waals surface area contributed by atoms with E-state index in [1.807, 2.05) is 38.4 Å². The minimum absolute atomic E-state index is 0.0775. The monoisotopic (exact) mass is 261 g/mol. The predicted molar refractivity (Wildman–Crippen MR) is 72.7 cm³/mol. The quantitative estimate of drug-likeness (QED) is 0.852. The van der Waals surface area contributed by atoms with Crippen LogP contribution in [0.2, 0.25) is 0 Å². The van der Waals surface area contributed by atoms with Crippen molar-refractivity contribution in [2.75, 3.05) is 33.7 Å². The Morgan fingerprint density at radius 2 is 2.00 bits per heavy atom. The molecule has 0 atom stereocenters. The van der Waals surface area contributed by atoms with Crippen LogP contribution in [-0.4, -0.2) is 55.3 Å². The molecule has 0 aliphatic carbocycles. The van der Waals surface area contributed by atoms with Crippen molar-refractivity contribution in [3.8, 4) is 0 Å². The zero-order chi connectivity index (χ0) is 13.8. The number of hydrogen-bond donors (Lipinski definition) is 1. The SMILES string of the molecule is CN(C)Cc1ccc(C(=O)N2CCNC(=O)C2)cc1. The van der Waals surface area contributed by atoms with Crippen LogP contribution in [0.25, 0.3) is 0 Å². The van der Waals surface area contributed by atoms with Gasteiger partial charge in [0.05, 0.1) is 6.54 Å². The smallest absolute Gasteiger partial charge is 0.254 e. The summed E-state index contributed by atoms with van der Waals surface area (Å²) in [7, 11) is 4.01. The van der Waals surface area contributed by atoms with Crippen LogP contribution in [0.3, 0.4) is 0 Å². The summed E-state index contributed by atoms with van der Waals surface area (Å²) in [6.07, 6.45) is 0. The molecule has 0 spiro atoms. The summed E-state index contributed by atoms with van der Waals surface area (Å²) in [4.78, 5) is 27.1. The molecule has 0 aromatic heterocycles. The van der Waals surface area contributed by atoms with Crippen molar-refractivity contribution in [1.82, 2.24) is 15.1 Å². The van der Waals surface area contributed by atoms with Gasteiger partial charge in [0.1, 0.15) is 0 Å². The maximum Gasteiger partial charge on any atom is 0.254 e. The predicted octanol–water partition coefficient (Wildman–Crippen LogP) is 0.320. The molecule has 0 unspecified atom stereocenters. The van der Waals surface area contributed by atoms with Crippen LogP contribution in [0.5, 0.6) is 0 Å². The molecule has 5 heteroatoms. The summed E-state index contributed by atoms with van der Waals surface area (Å²) >= 11 is 0. The van der Waals surface area contributed by atoms with Gasteiger partial charge in [0.15, 0.2) is 0 Å². The number of piperazine rings is 1. The molecular formula is C14H19N3O2. The van der Waals surface area contributed by atoms with E-state index in [-0.39, 0.29) is 18.4 Å². The third-order valence-electron chi connectivity index (χ3n) is 3.03. The average Bonchev–Trinajstić information content (AvgIpc) is 2.38. The number of nitrogens with one attached hydrogen (secondary N) is 1. The Balaban J connectivity index is 2.04. The van der Waals surface area contributed by atoms with Crippen LogP contribution in [0, 0.1) is 0 Å². The molecule has 1 aliphatic heterocycles. The Labute approximate surface area is 113 Å². The van der Waals surface area contributed by atoms with Gasteiger partial charge in [0.25, 0.3) is 5.91 Å². The van der Waals surface area contributed by atoms with Crippen molar-refractivity contribution in [2.24, 2.45) is 0 Å². The van der Waals surface area contributed by atoms with Gasteiger partial charge in [0, 0.05) is 25.2 Å². The lowest BCUT2D eigenvalue weighted by atomic mass is 10.1. The molecule has 1 aromatic rings. The third-order valence-corrected chi connectivity index (χ3v) is 3.03. The Morgan fingerprint density at radius 1 is 1.32 bits per heavy atom. The van der Waals surface area contributed by atoms with E-state index in [9.17, 15) is 9.59 Å². The van der Waals surface area contributed by atoms with Gasteiger partial charge in [-0.25, -0.2) is 0 Å². The Hall–Kier alpha value is -1.88. The topological polar surface area (TPSA) is 52.7 Å². The first-order valence-corrected chi connectivity index (χ1v) is 6.36. The molecule has 1 heterocycles. The van der Waals surface area contributed by atoms with E-state index in [0.717, 1.165) is 12.1 Å². The second-order valence-corrected chi connectivity index (χ2v) is 5.01. The van der Waals surface area contributed by atoms with Crippen molar-refractivity contribution in [3.05, 3.63) is 35.4 Å². The Morgan fingerprint density at radius 3 is 2.58 bits per heavy atom. The standard InChI is InChI=1S/C14H19N3O2/c1-16(2)9-11-3-5-12(6-4-11)14(19)17-8-7-15-13(18)10-17/h3-6H,7-10H2,1-2H3,(H,15,18). The number of amides is 2. The maximum absolute atomic E-state index is 12.2. The van der Waals surface area contributed by atoms with Gasteiger partial charge < -0.3 is 15.1 Å². The lowest BCUT2D eigenvalue weighted by molar-refractivity contribution is -0.123. The first-order valence-electron chi connectivity index (χ1n) is 6.36. The normalized spacial score (nSPS) is 15.5. The molecule has 2 rings (SSSR count). The average molecular weight is 261 g/mol. The summed E-state index contributed by atoms with van der Waals surface area (Å²) in [5.41, 5.74) is 1.80. The second kappa shape index (κ2) is 5.84. The van der Waals surface area contributed by atoms with Gasteiger partial charge >= 0.3 is 0 Å². The van der Waals surface area contributed by atoms with E-state index in [2.05, 4.69) is 10.2 Å². The summed E-state index contributed by atoms with van der Waals surface area (Å²) in [6, 6.07) is 7.57. The fraction of sp³-hybridized carbons (Fsp3) is 0.429. The van der Waals surface area contributed by atoms with Crippen LogP contribution in [0.15, 0.2) is 24.3 Å². The van der Waals surface area contributed by atoms with Crippen molar-refractivity contribution < 1.29 is 9.59 Å². The maximum atomic E-state index is 12.2. The number of carbonyl (C=O) groups is 2. The lowest BCUT2D eigenvalue weighted by Crippen LogP contribution is -2.49. The van der Waals surface area contributed by atoms with E-state index < -0.39 is 0 Å². The molecule has 102 valence electrons. The molecule has 19 heavy (non-hydrogen) atoms. The number of rotatable bonds is 3. The van der Waals surface area contributed by atoms with Gasteiger partial charge in [-0.1, -0.05) is 12.1 Å². The van der Waals surface area contributed by atoms with E-state index in [1.54, 1.807) is 4.90 Å². The van der Waals surface area contributed by atoms with Crippen molar-refractivity contribution >= 4 is 11.8 Å². The van der Waals surface area contributed by atoms with Crippen molar-refractivity contribution in [2.45, 2.75) is 6.54 Å². The van der Waals surface area contributed by atoms with E-state index in [0.29, 0.717) is 18.7 Å². The fourth-order valence-electron chi connectivity index (χ4n) is 2.11. The molecule has 0 radical (unpaired) electrons. The summed E-state index contributed by atoms with van der Waals surface area (Å²) in [5, 5.41) is 2.71. The highest BCUT2D eigenvalue weighted by Crippen LogP contribution is 2.09. The summed E-state index contributed by atoms with van der Waals surface area (Å²) in [5.74, 6) is -0.171.